The lowest BCUT2D eigenvalue weighted by Gasteiger charge is -2.30. The van der Waals surface area contributed by atoms with E-state index in [-0.39, 0.29) is 23.8 Å². The lowest BCUT2D eigenvalue weighted by molar-refractivity contribution is -0.274. The number of halogens is 3. The zero-order chi connectivity index (χ0) is 17.0. The minimum absolute atomic E-state index is 0.208. The first-order valence-corrected chi connectivity index (χ1v) is 7.27. The fourth-order valence-electron chi connectivity index (χ4n) is 2.37. The number of morpholine rings is 1. The molecule has 2 rings (SSSR count). The third-order valence-electron chi connectivity index (χ3n) is 3.57. The predicted octanol–water partition coefficient (Wildman–Crippen LogP) is 2.14. The first kappa shape index (κ1) is 17.6. The Morgan fingerprint density at radius 1 is 1.39 bits per heavy atom. The van der Waals surface area contributed by atoms with Crippen molar-refractivity contribution < 1.29 is 27.4 Å². The smallest absolute Gasteiger partial charge is 0.406 e. The van der Waals surface area contributed by atoms with Crippen LogP contribution in [0.15, 0.2) is 24.3 Å². The summed E-state index contributed by atoms with van der Waals surface area (Å²) in [5.74, 6) is -0.504. The van der Waals surface area contributed by atoms with Crippen molar-refractivity contribution in [3.8, 4) is 5.75 Å². The van der Waals surface area contributed by atoms with Crippen LogP contribution >= 0.6 is 0 Å². The Hall–Kier alpha value is -1.80. The van der Waals surface area contributed by atoms with E-state index in [0.29, 0.717) is 18.7 Å². The molecule has 2 N–H and O–H groups in total. The van der Waals surface area contributed by atoms with Crippen molar-refractivity contribution in [3.05, 3.63) is 29.8 Å². The highest BCUT2D eigenvalue weighted by atomic mass is 19.4. The van der Waals surface area contributed by atoms with Crippen LogP contribution in [0.4, 0.5) is 13.2 Å². The van der Waals surface area contributed by atoms with Crippen LogP contribution in [-0.2, 0) is 9.53 Å². The number of nitrogens with one attached hydrogen (secondary N) is 2. The second-order valence-electron chi connectivity index (χ2n) is 5.35. The van der Waals surface area contributed by atoms with E-state index in [1.54, 1.807) is 6.92 Å². The molecule has 23 heavy (non-hydrogen) atoms. The average molecular weight is 332 g/mol. The van der Waals surface area contributed by atoms with Crippen molar-refractivity contribution in [2.45, 2.75) is 38.4 Å². The summed E-state index contributed by atoms with van der Waals surface area (Å²) in [6.45, 7) is 4.72. The number of alkyl halides is 3. The van der Waals surface area contributed by atoms with Gasteiger partial charge in [-0.1, -0.05) is 12.1 Å². The Morgan fingerprint density at radius 2 is 2.04 bits per heavy atom. The molecule has 1 aromatic carbocycles. The molecule has 1 unspecified atom stereocenters. The van der Waals surface area contributed by atoms with Gasteiger partial charge >= 0.3 is 6.36 Å². The number of ether oxygens (including phenoxy) is 2. The number of carbonyl (C=O) groups excluding carboxylic acids is 1. The Kier molecular flexibility index (Phi) is 5.48. The van der Waals surface area contributed by atoms with Crippen LogP contribution < -0.4 is 15.4 Å². The van der Waals surface area contributed by atoms with E-state index in [1.165, 1.54) is 24.3 Å². The molecular weight excluding hydrogens is 313 g/mol. The zero-order valence-electron chi connectivity index (χ0n) is 12.8. The first-order chi connectivity index (χ1) is 10.8. The molecule has 0 aromatic heterocycles. The number of carbonyl (C=O) groups is 1. The van der Waals surface area contributed by atoms with Gasteiger partial charge in [0.1, 0.15) is 11.8 Å². The molecule has 0 saturated carbocycles. The molecule has 0 radical (unpaired) electrons. The summed E-state index contributed by atoms with van der Waals surface area (Å²) in [4.78, 5) is 12.2. The van der Waals surface area contributed by atoms with E-state index in [2.05, 4.69) is 15.4 Å². The number of amides is 1. The van der Waals surface area contributed by atoms with Gasteiger partial charge in [-0.2, -0.15) is 0 Å². The molecule has 1 saturated heterocycles. The largest absolute Gasteiger partial charge is 0.573 e. The normalized spacial score (nSPS) is 23.2. The molecule has 3 atom stereocenters. The molecule has 128 valence electrons. The summed E-state index contributed by atoms with van der Waals surface area (Å²) in [6, 6.07) is 4.62. The summed E-state index contributed by atoms with van der Waals surface area (Å²) in [5, 5.41) is 5.90. The zero-order valence-corrected chi connectivity index (χ0v) is 12.8. The van der Waals surface area contributed by atoms with E-state index >= 15 is 0 Å². The first-order valence-electron chi connectivity index (χ1n) is 7.27. The third kappa shape index (κ3) is 5.11. The Bertz CT molecular complexity index is 534. The van der Waals surface area contributed by atoms with Crippen LogP contribution in [0.25, 0.3) is 0 Å². The van der Waals surface area contributed by atoms with E-state index < -0.39 is 12.4 Å². The van der Waals surface area contributed by atoms with Crippen molar-refractivity contribution >= 4 is 5.91 Å². The van der Waals surface area contributed by atoms with Gasteiger partial charge in [0.15, 0.2) is 0 Å². The Labute approximate surface area is 132 Å². The molecule has 0 spiro atoms. The predicted molar refractivity (Wildman–Crippen MR) is 76.9 cm³/mol. The fraction of sp³-hybridized carbons (Fsp3) is 0.533. The second kappa shape index (κ2) is 7.18. The summed E-state index contributed by atoms with van der Waals surface area (Å²) in [5.41, 5.74) is 0.678. The maximum absolute atomic E-state index is 12.2. The molecule has 1 aliphatic rings. The lowest BCUT2D eigenvalue weighted by Crippen LogP contribution is -2.55. The molecule has 1 aliphatic heterocycles. The summed E-state index contributed by atoms with van der Waals surface area (Å²) >= 11 is 0. The van der Waals surface area contributed by atoms with Gasteiger partial charge in [0.05, 0.1) is 18.8 Å². The van der Waals surface area contributed by atoms with E-state index in [1.807, 2.05) is 6.92 Å². The van der Waals surface area contributed by atoms with E-state index in [0.717, 1.165) is 0 Å². The summed E-state index contributed by atoms with van der Waals surface area (Å²) < 4.78 is 45.6. The van der Waals surface area contributed by atoms with Crippen molar-refractivity contribution in [2.75, 3.05) is 13.2 Å². The number of hydrogen-bond acceptors (Lipinski definition) is 4. The van der Waals surface area contributed by atoms with Gasteiger partial charge < -0.3 is 20.1 Å². The Balaban J connectivity index is 1.94. The van der Waals surface area contributed by atoms with Gasteiger partial charge in [0.2, 0.25) is 5.91 Å². The van der Waals surface area contributed by atoms with Crippen LogP contribution in [0.2, 0.25) is 0 Å². The minimum Gasteiger partial charge on any atom is -0.406 e. The monoisotopic (exact) mass is 332 g/mol. The van der Waals surface area contributed by atoms with Crippen molar-refractivity contribution in [3.63, 3.8) is 0 Å². The van der Waals surface area contributed by atoms with Crippen molar-refractivity contribution in [1.29, 1.82) is 0 Å². The molecule has 0 bridgehead atoms. The van der Waals surface area contributed by atoms with Crippen molar-refractivity contribution in [1.82, 2.24) is 10.6 Å². The van der Waals surface area contributed by atoms with E-state index in [4.69, 9.17) is 4.74 Å². The third-order valence-corrected chi connectivity index (χ3v) is 3.57. The van der Waals surface area contributed by atoms with Gasteiger partial charge in [-0.25, -0.2) is 0 Å². The van der Waals surface area contributed by atoms with Crippen LogP contribution in [0.1, 0.15) is 25.5 Å². The second-order valence-corrected chi connectivity index (χ2v) is 5.35. The van der Waals surface area contributed by atoms with Crippen LogP contribution in [0, 0.1) is 0 Å². The topological polar surface area (TPSA) is 59.6 Å². The highest BCUT2D eigenvalue weighted by molar-refractivity contribution is 5.82. The quantitative estimate of drug-likeness (QED) is 0.887. The van der Waals surface area contributed by atoms with Gasteiger partial charge in [0.25, 0.3) is 0 Å². The van der Waals surface area contributed by atoms with Crippen LogP contribution in [0.3, 0.4) is 0 Å². The lowest BCUT2D eigenvalue weighted by atomic mass is 10.1. The minimum atomic E-state index is -4.72. The standard InChI is InChI=1S/C15H19F3N2O3/c1-9(20-14(21)13-10(2)22-8-7-19-13)11-3-5-12(6-4-11)23-15(16,17)18/h3-6,9-10,13,19H,7-8H2,1-2H3,(H,20,21)/t9?,10-,13+/m1/s1. The molecule has 0 aliphatic carbocycles. The van der Waals surface area contributed by atoms with Gasteiger partial charge in [0, 0.05) is 6.54 Å². The molecular formula is C15H19F3N2O3. The molecule has 1 aromatic rings. The van der Waals surface area contributed by atoms with Gasteiger partial charge in [-0.05, 0) is 31.5 Å². The molecule has 1 heterocycles. The molecule has 8 heteroatoms. The maximum atomic E-state index is 12.2. The van der Waals surface area contributed by atoms with Crippen molar-refractivity contribution in [2.24, 2.45) is 0 Å². The number of hydrogen-bond donors (Lipinski definition) is 2. The Morgan fingerprint density at radius 3 is 2.61 bits per heavy atom. The van der Waals surface area contributed by atoms with Gasteiger partial charge in [-0.15, -0.1) is 13.2 Å². The molecule has 5 nitrogen and oxygen atoms in total. The highest BCUT2D eigenvalue weighted by Gasteiger charge is 2.31. The SMILES string of the molecule is CC(NC(=O)[C@H]1NCCO[C@@H]1C)c1ccc(OC(F)(F)F)cc1. The molecule has 1 amide bonds. The number of benzene rings is 1. The number of rotatable bonds is 4. The highest BCUT2D eigenvalue weighted by Crippen LogP contribution is 2.24. The van der Waals surface area contributed by atoms with Crippen LogP contribution in [0.5, 0.6) is 5.75 Å². The van der Waals surface area contributed by atoms with Crippen LogP contribution in [-0.4, -0.2) is 37.6 Å². The summed E-state index contributed by atoms with van der Waals surface area (Å²) in [7, 11) is 0. The molecule has 1 fully saturated rings. The van der Waals surface area contributed by atoms with E-state index in [9.17, 15) is 18.0 Å². The average Bonchev–Trinajstić information content (AvgIpc) is 2.46. The fourth-order valence-corrected chi connectivity index (χ4v) is 2.37. The van der Waals surface area contributed by atoms with Gasteiger partial charge in [-0.3, -0.25) is 4.79 Å². The summed E-state index contributed by atoms with van der Waals surface area (Å²) in [6.07, 6.45) is -4.96. The maximum Gasteiger partial charge on any atom is 0.573 e.